The number of rotatable bonds is 3. The van der Waals surface area contributed by atoms with E-state index in [1.54, 1.807) is 6.21 Å². The zero-order valence-electron chi connectivity index (χ0n) is 12.5. The third-order valence-corrected chi connectivity index (χ3v) is 3.65. The second kappa shape index (κ2) is 6.16. The summed E-state index contributed by atoms with van der Waals surface area (Å²) >= 11 is 5.97. The number of hydrogen-bond donors (Lipinski definition) is 1. The molecule has 0 atom stereocenters. The van der Waals surface area contributed by atoms with Gasteiger partial charge < -0.3 is 0 Å². The highest BCUT2D eigenvalue weighted by Crippen LogP contribution is 2.25. The van der Waals surface area contributed by atoms with Crippen LogP contribution in [0.25, 0.3) is 10.9 Å². The first kappa shape index (κ1) is 14.5. The van der Waals surface area contributed by atoms with Crippen LogP contribution >= 0.6 is 11.6 Å². The smallest absolute Gasteiger partial charge is 0.0755 e. The molecule has 0 saturated heterocycles. The summed E-state index contributed by atoms with van der Waals surface area (Å²) in [4.78, 5) is 4.60. The van der Waals surface area contributed by atoms with E-state index in [9.17, 15) is 0 Å². The van der Waals surface area contributed by atoms with Gasteiger partial charge in [0.05, 0.1) is 17.4 Å². The van der Waals surface area contributed by atoms with Gasteiger partial charge in [-0.3, -0.25) is 10.4 Å². The molecule has 3 aromatic rings. The fraction of sp³-hybridized carbons (Fsp3) is 0.111. The van der Waals surface area contributed by atoms with E-state index in [1.165, 1.54) is 0 Å². The van der Waals surface area contributed by atoms with E-state index in [0.717, 1.165) is 33.4 Å². The molecule has 3 nitrogen and oxygen atoms in total. The quantitative estimate of drug-likeness (QED) is 0.549. The van der Waals surface area contributed by atoms with Gasteiger partial charge in [-0.2, -0.15) is 5.10 Å². The highest BCUT2D eigenvalue weighted by atomic mass is 35.5. The minimum atomic E-state index is 0.699. The number of hydrogen-bond acceptors (Lipinski definition) is 3. The van der Waals surface area contributed by atoms with E-state index in [2.05, 4.69) is 28.5 Å². The van der Waals surface area contributed by atoms with Crippen LogP contribution in [0.1, 0.15) is 16.8 Å². The fourth-order valence-corrected chi connectivity index (χ4v) is 2.57. The van der Waals surface area contributed by atoms with Crippen molar-refractivity contribution in [1.29, 1.82) is 0 Å². The van der Waals surface area contributed by atoms with Crippen LogP contribution in [0, 0.1) is 13.8 Å². The highest BCUT2D eigenvalue weighted by molar-refractivity contribution is 6.30. The molecule has 0 amide bonds. The number of pyridine rings is 1. The summed E-state index contributed by atoms with van der Waals surface area (Å²) in [6, 6.07) is 15.7. The Morgan fingerprint density at radius 3 is 2.73 bits per heavy atom. The van der Waals surface area contributed by atoms with Crippen molar-refractivity contribution in [3.63, 3.8) is 0 Å². The molecule has 0 saturated carbocycles. The Kier molecular flexibility index (Phi) is 4.07. The average Bonchev–Trinajstić information content (AvgIpc) is 2.48. The molecule has 0 aliphatic heterocycles. The summed E-state index contributed by atoms with van der Waals surface area (Å²) in [5.74, 6) is 0. The van der Waals surface area contributed by atoms with Crippen molar-refractivity contribution >= 4 is 34.4 Å². The van der Waals surface area contributed by atoms with Crippen LogP contribution in [0.4, 0.5) is 5.69 Å². The number of aromatic nitrogens is 1. The number of aryl methyl sites for hydroxylation is 2. The number of fused-ring (bicyclic) bond motifs is 1. The van der Waals surface area contributed by atoms with Crippen LogP contribution in [0.2, 0.25) is 5.02 Å². The number of nitrogens with zero attached hydrogens (tertiary/aromatic N) is 2. The lowest BCUT2D eigenvalue weighted by Crippen LogP contribution is -1.95. The Labute approximate surface area is 134 Å². The van der Waals surface area contributed by atoms with Gasteiger partial charge in [0.25, 0.3) is 0 Å². The summed E-state index contributed by atoms with van der Waals surface area (Å²) in [6.07, 6.45) is 1.75. The van der Waals surface area contributed by atoms with Gasteiger partial charge in [0, 0.05) is 16.1 Å². The second-order valence-electron chi connectivity index (χ2n) is 5.21. The van der Waals surface area contributed by atoms with Crippen LogP contribution in [-0.4, -0.2) is 11.2 Å². The highest BCUT2D eigenvalue weighted by Gasteiger charge is 2.05. The van der Waals surface area contributed by atoms with E-state index in [-0.39, 0.29) is 0 Å². The van der Waals surface area contributed by atoms with Gasteiger partial charge in [0.1, 0.15) is 0 Å². The van der Waals surface area contributed by atoms with E-state index in [1.807, 2.05) is 49.4 Å². The van der Waals surface area contributed by atoms with Gasteiger partial charge in [0.15, 0.2) is 0 Å². The van der Waals surface area contributed by atoms with Crippen molar-refractivity contribution in [1.82, 2.24) is 4.98 Å². The summed E-state index contributed by atoms with van der Waals surface area (Å²) in [5, 5.41) is 6.08. The number of nitrogens with one attached hydrogen (secondary N) is 1. The lowest BCUT2D eigenvalue weighted by molar-refractivity contribution is 1.23. The normalized spacial score (nSPS) is 11.2. The number of anilines is 1. The SMILES string of the molecule is Cc1cc(NN=Cc2cccc(Cl)c2)c2cccc(C)c2n1. The molecule has 1 aromatic heterocycles. The van der Waals surface area contributed by atoms with Gasteiger partial charge in [-0.25, -0.2) is 0 Å². The maximum Gasteiger partial charge on any atom is 0.0755 e. The topological polar surface area (TPSA) is 37.3 Å². The first-order valence-corrected chi connectivity index (χ1v) is 7.43. The maximum atomic E-state index is 5.97. The van der Waals surface area contributed by atoms with Gasteiger partial charge in [0.2, 0.25) is 0 Å². The summed E-state index contributed by atoms with van der Waals surface area (Å²) < 4.78 is 0. The Morgan fingerprint density at radius 2 is 1.91 bits per heavy atom. The van der Waals surface area contributed by atoms with Crippen molar-refractivity contribution in [2.75, 3.05) is 5.43 Å². The van der Waals surface area contributed by atoms with Crippen LogP contribution in [-0.2, 0) is 0 Å². The molecule has 1 heterocycles. The lowest BCUT2D eigenvalue weighted by Gasteiger charge is -2.08. The molecule has 0 bridgehead atoms. The summed E-state index contributed by atoms with van der Waals surface area (Å²) in [7, 11) is 0. The maximum absolute atomic E-state index is 5.97. The van der Waals surface area contributed by atoms with Crippen molar-refractivity contribution in [3.05, 3.63) is 70.4 Å². The molecule has 2 aromatic carbocycles. The second-order valence-corrected chi connectivity index (χ2v) is 5.64. The van der Waals surface area contributed by atoms with Crippen LogP contribution in [0.15, 0.2) is 53.6 Å². The third-order valence-electron chi connectivity index (χ3n) is 3.42. The molecule has 0 unspecified atom stereocenters. The van der Waals surface area contributed by atoms with Gasteiger partial charge in [-0.15, -0.1) is 0 Å². The van der Waals surface area contributed by atoms with Gasteiger partial charge in [-0.1, -0.05) is 41.9 Å². The van der Waals surface area contributed by atoms with Gasteiger partial charge >= 0.3 is 0 Å². The van der Waals surface area contributed by atoms with Crippen molar-refractivity contribution in [2.24, 2.45) is 5.10 Å². The van der Waals surface area contributed by atoms with E-state index < -0.39 is 0 Å². The molecule has 0 fully saturated rings. The Balaban J connectivity index is 1.92. The number of hydrazone groups is 1. The fourth-order valence-electron chi connectivity index (χ4n) is 2.38. The first-order valence-electron chi connectivity index (χ1n) is 7.05. The third kappa shape index (κ3) is 3.10. The number of para-hydroxylation sites is 1. The number of halogens is 1. The minimum absolute atomic E-state index is 0.699. The van der Waals surface area contributed by atoms with Gasteiger partial charge in [-0.05, 0) is 43.2 Å². The van der Waals surface area contributed by atoms with Crippen LogP contribution < -0.4 is 5.43 Å². The van der Waals surface area contributed by atoms with E-state index in [0.29, 0.717) is 5.02 Å². The summed E-state index contributed by atoms with van der Waals surface area (Å²) in [6.45, 7) is 4.05. The molecule has 4 heteroatoms. The van der Waals surface area contributed by atoms with Crippen molar-refractivity contribution in [2.45, 2.75) is 13.8 Å². The number of benzene rings is 2. The molecule has 0 aliphatic rings. The minimum Gasteiger partial charge on any atom is -0.278 e. The monoisotopic (exact) mass is 309 g/mol. The Hall–Kier alpha value is -2.39. The van der Waals surface area contributed by atoms with Crippen LogP contribution in [0.3, 0.4) is 0 Å². The largest absolute Gasteiger partial charge is 0.278 e. The zero-order valence-corrected chi connectivity index (χ0v) is 13.2. The summed E-state index contributed by atoms with van der Waals surface area (Å²) in [5.41, 5.74) is 8.13. The predicted molar refractivity (Wildman–Crippen MR) is 93.9 cm³/mol. The molecule has 3 rings (SSSR count). The Morgan fingerprint density at radius 1 is 1.09 bits per heavy atom. The Bertz CT molecular complexity index is 856. The average molecular weight is 310 g/mol. The van der Waals surface area contributed by atoms with Crippen molar-refractivity contribution in [3.8, 4) is 0 Å². The standard InChI is InChI=1S/C18H16ClN3/c1-12-5-3-8-16-17(9-13(2)21-18(12)16)22-20-11-14-6-4-7-15(19)10-14/h3-11H,1-2H3,(H,21,22). The molecule has 110 valence electrons. The lowest BCUT2D eigenvalue weighted by atomic mass is 10.1. The molecule has 22 heavy (non-hydrogen) atoms. The molecule has 0 spiro atoms. The first-order chi connectivity index (χ1) is 10.6. The predicted octanol–water partition coefficient (Wildman–Crippen LogP) is 4.95. The van der Waals surface area contributed by atoms with E-state index in [4.69, 9.17) is 11.6 Å². The molecule has 0 aliphatic carbocycles. The molecular formula is C18H16ClN3. The molecular weight excluding hydrogens is 294 g/mol. The van der Waals surface area contributed by atoms with Crippen molar-refractivity contribution < 1.29 is 0 Å². The zero-order chi connectivity index (χ0) is 15.5. The van der Waals surface area contributed by atoms with E-state index >= 15 is 0 Å². The molecule has 0 radical (unpaired) electrons. The molecule has 1 N–H and O–H groups in total. The van der Waals surface area contributed by atoms with Crippen LogP contribution in [0.5, 0.6) is 0 Å².